The Bertz CT molecular complexity index is 432. The molecule has 1 aromatic carbocycles. The number of ether oxygens (including phenoxy) is 3. The first-order valence-electron chi connectivity index (χ1n) is 7.62. The van der Waals surface area contributed by atoms with E-state index in [1.165, 1.54) is 0 Å². The van der Waals surface area contributed by atoms with Gasteiger partial charge in [-0.3, -0.25) is 0 Å². The minimum absolute atomic E-state index is 0.345. The Labute approximate surface area is 127 Å². The summed E-state index contributed by atoms with van der Waals surface area (Å²) in [6.07, 6.45) is 2.43. The fraction of sp³-hybridized carbons (Fsp3) is 0.625. The topological polar surface area (TPSA) is 57.0 Å². The van der Waals surface area contributed by atoms with Crippen LogP contribution in [0.5, 0.6) is 5.75 Å². The highest BCUT2D eigenvalue weighted by molar-refractivity contribution is 5.62. The van der Waals surface area contributed by atoms with Crippen molar-refractivity contribution in [1.29, 1.82) is 0 Å². The van der Waals surface area contributed by atoms with Gasteiger partial charge in [0, 0.05) is 31.5 Å². The van der Waals surface area contributed by atoms with Gasteiger partial charge in [-0.1, -0.05) is 0 Å². The molecule has 0 amide bonds. The predicted molar refractivity (Wildman–Crippen MR) is 85.1 cm³/mol. The van der Waals surface area contributed by atoms with E-state index in [1.807, 2.05) is 25.1 Å². The second-order valence-electron chi connectivity index (χ2n) is 5.18. The van der Waals surface area contributed by atoms with Crippen LogP contribution in [0.2, 0.25) is 0 Å². The van der Waals surface area contributed by atoms with Gasteiger partial charge in [0.2, 0.25) is 0 Å². The van der Waals surface area contributed by atoms with Crippen LogP contribution in [0.15, 0.2) is 18.2 Å². The van der Waals surface area contributed by atoms with Crippen molar-refractivity contribution in [2.75, 3.05) is 50.7 Å². The van der Waals surface area contributed by atoms with Gasteiger partial charge in [0.05, 0.1) is 32.1 Å². The van der Waals surface area contributed by atoms with Crippen molar-refractivity contribution in [3.8, 4) is 5.75 Å². The number of piperidine rings is 1. The highest BCUT2D eigenvalue weighted by Gasteiger charge is 2.20. The number of hydrogen-bond acceptors (Lipinski definition) is 5. The number of nitrogens with zero attached hydrogens (tertiary/aromatic N) is 1. The first-order valence-corrected chi connectivity index (χ1v) is 7.62. The van der Waals surface area contributed by atoms with Crippen LogP contribution in [0.25, 0.3) is 0 Å². The highest BCUT2D eigenvalue weighted by atomic mass is 16.5. The largest absolute Gasteiger partial charge is 0.495 e. The molecule has 118 valence electrons. The fourth-order valence-electron chi connectivity index (χ4n) is 2.60. The van der Waals surface area contributed by atoms with E-state index in [9.17, 15) is 0 Å². The lowest BCUT2D eigenvalue weighted by Crippen LogP contribution is -2.37. The average molecular weight is 294 g/mol. The lowest BCUT2D eigenvalue weighted by Gasteiger charge is -2.33. The second kappa shape index (κ2) is 8.10. The molecule has 1 heterocycles. The van der Waals surface area contributed by atoms with Gasteiger partial charge in [-0.05, 0) is 31.9 Å². The number of methoxy groups -OCH3 is 1. The minimum atomic E-state index is 0.345. The molecule has 0 spiro atoms. The van der Waals surface area contributed by atoms with Crippen molar-refractivity contribution in [2.24, 2.45) is 0 Å². The summed E-state index contributed by atoms with van der Waals surface area (Å²) in [4.78, 5) is 2.35. The van der Waals surface area contributed by atoms with Crippen LogP contribution in [0.3, 0.4) is 0 Å². The van der Waals surface area contributed by atoms with E-state index in [0.717, 1.165) is 44.0 Å². The van der Waals surface area contributed by atoms with Crippen molar-refractivity contribution < 1.29 is 14.2 Å². The van der Waals surface area contributed by atoms with Crippen molar-refractivity contribution in [3.05, 3.63) is 18.2 Å². The van der Waals surface area contributed by atoms with Gasteiger partial charge in [-0.2, -0.15) is 0 Å². The van der Waals surface area contributed by atoms with E-state index in [0.29, 0.717) is 25.0 Å². The average Bonchev–Trinajstić information content (AvgIpc) is 2.53. The zero-order valence-electron chi connectivity index (χ0n) is 13.0. The Kier molecular flexibility index (Phi) is 6.14. The van der Waals surface area contributed by atoms with Gasteiger partial charge >= 0.3 is 0 Å². The quantitative estimate of drug-likeness (QED) is 0.618. The molecule has 0 atom stereocenters. The van der Waals surface area contributed by atoms with Gasteiger partial charge in [-0.25, -0.2) is 0 Å². The lowest BCUT2D eigenvalue weighted by molar-refractivity contribution is -0.00230. The van der Waals surface area contributed by atoms with Crippen molar-refractivity contribution >= 4 is 11.4 Å². The summed E-state index contributed by atoms with van der Waals surface area (Å²) in [6, 6.07) is 5.96. The molecule has 0 unspecified atom stereocenters. The smallest absolute Gasteiger partial charge is 0.143 e. The maximum atomic E-state index is 5.86. The molecule has 0 radical (unpaired) electrons. The molecule has 21 heavy (non-hydrogen) atoms. The van der Waals surface area contributed by atoms with Gasteiger partial charge in [0.15, 0.2) is 0 Å². The van der Waals surface area contributed by atoms with Crippen molar-refractivity contribution in [1.82, 2.24) is 0 Å². The molecule has 0 aromatic heterocycles. The molecule has 1 aliphatic rings. The van der Waals surface area contributed by atoms with E-state index in [1.54, 1.807) is 7.11 Å². The third kappa shape index (κ3) is 4.51. The second-order valence-corrected chi connectivity index (χ2v) is 5.18. The molecular weight excluding hydrogens is 268 g/mol. The van der Waals surface area contributed by atoms with Gasteiger partial charge in [-0.15, -0.1) is 0 Å². The van der Waals surface area contributed by atoms with E-state index in [2.05, 4.69) is 4.90 Å². The van der Waals surface area contributed by atoms with Gasteiger partial charge < -0.3 is 24.8 Å². The Balaban J connectivity index is 1.81. The molecule has 0 bridgehead atoms. The zero-order chi connectivity index (χ0) is 15.1. The Hall–Kier alpha value is -1.46. The molecule has 2 rings (SSSR count). The standard InChI is InChI=1S/C16H26N2O3/c1-3-20-10-11-21-14-6-8-18(9-7-14)13-4-5-15(17)16(12-13)19-2/h4-5,12,14H,3,6-11,17H2,1-2H3. The predicted octanol–water partition coefficient (Wildman–Crippen LogP) is 2.30. The Morgan fingerprint density at radius 3 is 2.67 bits per heavy atom. The number of nitrogens with two attached hydrogens (primary N) is 1. The normalized spacial score (nSPS) is 16.2. The monoisotopic (exact) mass is 294 g/mol. The third-order valence-electron chi connectivity index (χ3n) is 3.81. The summed E-state index contributed by atoms with van der Waals surface area (Å²) < 4.78 is 16.4. The molecule has 1 saturated heterocycles. The summed E-state index contributed by atoms with van der Waals surface area (Å²) in [5, 5.41) is 0. The molecule has 1 aromatic rings. The molecular formula is C16H26N2O3. The number of benzene rings is 1. The Morgan fingerprint density at radius 2 is 2.00 bits per heavy atom. The first kappa shape index (κ1) is 15.9. The van der Waals surface area contributed by atoms with Crippen LogP contribution >= 0.6 is 0 Å². The van der Waals surface area contributed by atoms with Crippen molar-refractivity contribution in [2.45, 2.75) is 25.9 Å². The van der Waals surface area contributed by atoms with Crippen LogP contribution < -0.4 is 15.4 Å². The van der Waals surface area contributed by atoms with Crippen molar-refractivity contribution in [3.63, 3.8) is 0 Å². The van der Waals surface area contributed by atoms with E-state index >= 15 is 0 Å². The summed E-state index contributed by atoms with van der Waals surface area (Å²) in [7, 11) is 1.65. The van der Waals surface area contributed by atoms with Crippen LogP contribution in [0.1, 0.15) is 19.8 Å². The summed E-state index contributed by atoms with van der Waals surface area (Å²) in [5.74, 6) is 0.739. The molecule has 0 aliphatic carbocycles. The van der Waals surface area contributed by atoms with E-state index < -0.39 is 0 Å². The number of hydrogen-bond donors (Lipinski definition) is 1. The zero-order valence-corrected chi connectivity index (χ0v) is 13.0. The summed E-state index contributed by atoms with van der Waals surface area (Å²) in [6.45, 7) is 6.11. The fourth-order valence-corrected chi connectivity index (χ4v) is 2.60. The van der Waals surface area contributed by atoms with E-state index in [4.69, 9.17) is 19.9 Å². The van der Waals surface area contributed by atoms with Crippen LogP contribution in [-0.4, -0.2) is 46.1 Å². The molecule has 2 N–H and O–H groups in total. The minimum Gasteiger partial charge on any atom is -0.495 e. The summed E-state index contributed by atoms with van der Waals surface area (Å²) >= 11 is 0. The van der Waals surface area contributed by atoms with Gasteiger partial charge in [0.25, 0.3) is 0 Å². The summed E-state index contributed by atoms with van der Waals surface area (Å²) in [5.41, 5.74) is 7.69. The first-order chi connectivity index (χ1) is 10.2. The number of rotatable bonds is 7. The molecule has 5 heteroatoms. The van der Waals surface area contributed by atoms with Crippen LogP contribution in [0.4, 0.5) is 11.4 Å². The number of anilines is 2. The Morgan fingerprint density at radius 1 is 1.24 bits per heavy atom. The van der Waals surface area contributed by atoms with Crippen LogP contribution in [0, 0.1) is 0 Å². The van der Waals surface area contributed by atoms with Gasteiger partial charge in [0.1, 0.15) is 5.75 Å². The molecule has 5 nitrogen and oxygen atoms in total. The number of nitrogen functional groups attached to an aromatic ring is 1. The van der Waals surface area contributed by atoms with E-state index in [-0.39, 0.29) is 0 Å². The van der Waals surface area contributed by atoms with Crippen LogP contribution in [-0.2, 0) is 9.47 Å². The molecule has 1 aliphatic heterocycles. The third-order valence-corrected chi connectivity index (χ3v) is 3.81. The maximum absolute atomic E-state index is 5.86. The molecule has 0 saturated carbocycles. The molecule has 1 fully saturated rings. The maximum Gasteiger partial charge on any atom is 0.143 e. The SMILES string of the molecule is CCOCCOC1CCN(c2ccc(N)c(OC)c2)CC1. The lowest BCUT2D eigenvalue weighted by atomic mass is 10.1. The highest BCUT2D eigenvalue weighted by Crippen LogP contribution is 2.29.